The maximum Gasteiger partial charge on any atom is 0.159 e. The lowest BCUT2D eigenvalue weighted by Crippen LogP contribution is -2.59. The fourth-order valence-corrected chi connectivity index (χ4v) is 16.6. The van der Waals surface area contributed by atoms with Gasteiger partial charge in [-0.1, -0.05) is 137 Å². The summed E-state index contributed by atoms with van der Waals surface area (Å²) in [7, 11) is 0. The lowest BCUT2D eigenvalue weighted by Gasteiger charge is -2.38. The molecule has 20 atom stereocenters. The number of nitrogens with one attached hydrogen (secondary N) is 4. The molecule has 0 unspecified atom stereocenters. The highest BCUT2D eigenvalue weighted by atomic mass is 35.5. The summed E-state index contributed by atoms with van der Waals surface area (Å²) in [5.74, 6) is 0.877. The van der Waals surface area contributed by atoms with E-state index in [2.05, 4.69) is 72.2 Å². The van der Waals surface area contributed by atoms with E-state index in [1.165, 1.54) is 79.2 Å². The second-order valence-electron chi connectivity index (χ2n) is 22.4. The van der Waals surface area contributed by atoms with Crippen molar-refractivity contribution in [1.82, 2.24) is 66.2 Å². The van der Waals surface area contributed by atoms with Crippen molar-refractivity contribution in [2.45, 2.75) is 235 Å². The van der Waals surface area contributed by atoms with Crippen LogP contribution >= 0.6 is 58.6 Å². The molecule has 35 heteroatoms. The molecule has 9 fully saturated rings. The van der Waals surface area contributed by atoms with Crippen molar-refractivity contribution in [2.24, 2.45) is 25.9 Å². The predicted octanol–water partition coefficient (Wildman–Crippen LogP) is 1.54. The van der Waals surface area contributed by atoms with Gasteiger partial charge in [-0.05, 0) is 52.2 Å². The molecule has 522 valence electrons. The number of para-hydroxylation sites is 1. The van der Waals surface area contributed by atoms with Gasteiger partial charge in [0, 0.05) is 32.4 Å². The fraction of sp³-hybridized carbons (Fsp3) is 0.741. The van der Waals surface area contributed by atoms with Crippen LogP contribution in [0.2, 0.25) is 0 Å². The van der Waals surface area contributed by atoms with Crippen LogP contribution < -0.4 is 21.3 Å². The summed E-state index contributed by atoms with van der Waals surface area (Å²) >= 11 is 11.3. The Labute approximate surface area is 565 Å². The Morgan fingerprint density at radius 3 is 1.40 bits per heavy atom. The minimum atomic E-state index is -1.19. The number of carbonyl (C=O) groups is 1. The number of ether oxygens (including phenoxy) is 4. The van der Waals surface area contributed by atoms with Gasteiger partial charge in [-0.2, -0.15) is 0 Å². The molecule has 8 saturated heterocycles. The van der Waals surface area contributed by atoms with Crippen LogP contribution in [0, 0.1) is 5.92 Å². The van der Waals surface area contributed by atoms with Crippen molar-refractivity contribution in [3.63, 3.8) is 0 Å². The maximum atomic E-state index is 10.7. The SMILES string of the molecule is C.C.C.C.CCN=C1N[C@@H]2[C@@H](O)[C@H](O)[C@@H](C=O)O[C@@H]2S1.CCN=C1N[C@@H]2[C@@H](O)[C@H](O)[C@@H](CCl)O[C@@H]2S1.CCN=C1N[C@@H]2[C@@H](O)[C@H](O)[C@@H](Cn3cc(CC4CCCCC4)nn3)O[C@@H]2S1.CCN=C1N[C@@H]2[C@@H](O)[C@H](O)[C@@H](Cn3cc(Cn4nnc5ccccc54)nn3)O[C@@H]2S1. The van der Waals surface area contributed by atoms with E-state index in [-0.39, 0.29) is 76.0 Å². The molecule has 4 aromatic rings. The molecule has 0 amide bonds. The van der Waals surface area contributed by atoms with E-state index >= 15 is 0 Å². The van der Waals surface area contributed by atoms with Gasteiger partial charge < -0.3 is 85.9 Å². The number of carbonyl (C=O) groups excluding carboxylic acids is 1. The molecule has 93 heavy (non-hydrogen) atoms. The summed E-state index contributed by atoms with van der Waals surface area (Å²) in [6, 6.07) is 6.25. The van der Waals surface area contributed by atoms with Crippen LogP contribution in [0.3, 0.4) is 0 Å². The molecule has 8 aliphatic heterocycles. The number of rotatable bonds is 14. The first-order valence-corrected chi connectivity index (χ1v) is 34.2. The maximum absolute atomic E-state index is 10.7. The number of hydrogen-bond donors (Lipinski definition) is 12. The van der Waals surface area contributed by atoms with Crippen molar-refractivity contribution >= 4 is 96.6 Å². The Bertz CT molecular complexity index is 3080. The summed E-state index contributed by atoms with van der Waals surface area (Å²) in [5, 5.41) is 122. The van der Waals surface area contributed by atoms with Crippen LogP contribution in [0.15, 0.2) is 56.6 Å². The van der Waals surface area contributed by atoms with Gasteiger partial charge in [-0.25, -0.2) is 14.0 Å². The first-order chi connectivity index (χ1) is 43.1. The van der Waals surface area contributed by atoms with Crippen molar-refractivity contribution in [2.75, 3.05) is 32.1 Å². The Morgan fingerprint density at radius 2 is 0.946 bits per heavy atom. The molecular weight excluding hydrogens is 1310 g/mol. The molecule has 0 radical (unpaired) electrons. The topological polar surface area (TPSA) is 406 Å². The van der Waals surface area contributed by atoms with E-state index in [0.29, 0.717) is 62.3 Å². The van der Waals surface area contributed by atoms with E-state index in [4.69, 9.17) is 30.5 Å². The summed E-state index contributed by atoms with van der Waals surface area (Å²) in [4.78, 5) is 27.7. The third-order valence-corrected chi connectivity index (χ3v) is 20.9. The van der Waals surface area contributed by atoms with Gasteiger partial charge in [0.15, 0.2) is 27.0 Å². The van der Waals surface area contributed by atoms with Crippen molar-refractivity contribution in [1.29, 1.82) is 0 Å². The minimum absolute atomic E-state index is 0. The number of thioether (sulfide) groups is 4. The second-order valence-corrected chi connectivity index (χ2v) is 27.0. The van der Waals surface area contributed by atoms with Gasteiger partial charge in [-0.3, -0.25) is 20.0 Å². The van der Waals surface area contributed by atoms with Gasteiger partial charge in [0.25, 0.3) is 0 Å². The number of aliphatic imine (C=N–C) groups is 4. The molecule has 9 aliphatic rings. The molecule has 1 aromatic carbocycles. The molecular formula is C58H96ClN17O13S4. The lowest BCUT2D eigenvalue weighted by atomic mass is 9.86. The van der Waals surface area contributed by atoms with E-state index in [1.54, 1.807) is 20.2 Å². The normalized spacial score (nSPS) is 35.7. The molecule has 0 spiro atoms. The number of aromatic nitrogens is 9. The highest BCUT2D eigenvalue weighted by Crippen LogP contribution is 2.38. The average molecular weight is 1400 g/mol. The van der Waals surface area contributed by atoms with Gasteiger partial charge in [0.1, 0.15) is 106 Å². The van der Waals surface area contributed by atoms with E-state index in [0.717, 1.165) is 38.7 Å². The molecule has 0 bridgehead atoms. The summed E-state index contributed by atoms with van der Waals surface area (Å²) in [6.45, 7) is 11.4. The number of hydrogen-bond acceptors (Lipinski definition) is 27. The number of halogens is 1. The fourth-order valence-electron chi connectivity index (χ4n) is 11.6. The lowest BCUT2D eigenvalue weighted by molar-refractivity contribution is -0.161. The average Bonchev–Trinajstić information content (AvgIpc) is 1.72. The third-order valence-electron chi connectivity index (χ3n) is 16.2. The van der Waals surface area contributed by atoms with Crippen molar-refractivity contribution < 1.29 is 64.6 Å². The molecule has 11 heterocycles. The monoisotopic (exact) mass is 1400 g/mol. The Kier molecular flexibility index (Phi) is 30.3. The molecule has 30 nitrogen and oxygen atoms in total. The Balaban J connectivity index is 0.000000201. The van der Waals surface area contributed by atoms with Gasteiger partial charge in [-0.15, -0.1) is 26.9 Å². The first kappa shape index (κ1) is 77.7. The van der Waals surface area contributed by atoms with Crippen molar-refractivity contribution in [3.05, 3.63) is 48.0 Å². The largest absolute Gasteiger partial charge is 0.388 e. The van der Waals surface area contributed by atoms with Crippen LogP contribution in [0.4, 0.5) is 0 Å². The number of benzene rings is 1. The number of fused-ring (bicyclic) bond motifs is 5. The molecule has 1 saturated carbocycles. The van der Waals surface area contributed by atoms with E-state index in [1.807, 2.05) is 58.2 Å². The number of aliphatic hydroxyl groups is 8. The van der Waals surface area contributed by atoms with Crippen LogP contribution in [-0.4, -0.2) is 264 Å². The molecule has 13 rings (SSSR count). The quantitative estimate of drug-likeness (QED) is 0.0629. The number of amidine groups is 4. The van der Waals surface area contributed by atoms with Gasteiger partial charge in [0.2, 0.25) is 0 Å². The summed E-state index contributed by atoms with van der Waals surface area (Å²) < 4.78 is 28.2. The Hall–Kier alpha value is -4.34. The highest BCUT2D eigenvalue weighted by molar-refractivity contribution is 8.15. The zero-order chi connectivity index (χ0) is 62.9. The molecule has 3 aromatic heterocycles. The van der Waals surface area contributed by atoms with Crippen LogP contribution in [-0.2, 0) is 49.8 Å². The van der Waals surface area contributed by atoms with Crippen molar-refractivity contribution in [3.8, 4) is 0 Å². The number of nitrogens with zero attached hydrogens (tertiary/aromatic N) is 13. The number of alkyl halides is 1. The summed E-state index contributed by atoms with van der Waals surface area (Å²) in [6.07, 6.45) is 1.20. The van der Waals surface area contributed by atoms with Gasteiger partial charge >= 0.3 is 0 Å². The van der Waals surface area contributed by atoms with Crippen LogP contribution in [0.25, 0.3) is 11.0 Å². The second kappa shape index (κ2) is 36.3. The van der Waals surface area contributed by atoms with Gasteiger partial charge in [0.05, 0.1) is 67.1 Å². The summed E-state index contributed by atoms with van der Waals surface area (Å²) in [5.41, 5.74) is 2.27. The minimum Gasteiger partial charge on any atom is -0.388 e. The molecule has 12 N–H and O–H groups in total. The van der Waals surface area contributed by atoms with E-state index < -0.39 is 85.3 Å². The van der Waals surface area contributed by atoms with Crippen LogP contribution in [0.1, 0.15) is 101 Å². The van der Waals surface area contributed by atoms with Crippen LogP contribution in [0.5, 0.6) is 0 Å². The number of aldehydes is 1. The first-order valence-electron chi connectivity index (χ1n) is 30.1. The third kappa shape index (κ3) is 18.7. The zero-order valence-corrected chi connectivity index (χ0v) is 53.5. The Morgan fingerprint density at radius 1 is 0.538 bits per heavy atom. The predicted molar refractivity (Wildman–Crippen MR) is 363 cm³/mol. The highest BCUT2D eigenvalue weighted by Gasteiger charge is 2.52. The van der Waals surface area contributed by atoms with E-state index in [9.17, 15) is 45.6 Å². The number of aliphatic hydroxyl groups excluding tert-OH is 8. The molecule has 1 aliphatic carbocycles. The smallest absolute Gasteiger partial charge is 0.159 e. The standard InChI is InChI=1S/C18H22N8O3S.C18H29N5O3S.C9H15ClN2O3S.C9H14N2O4S.4CH4/c1-2-19-18-20-14-16(28)15(27)13(29-17(14)30-18)9-25-7-10(21-23-25)8-26-12-6-4-3-5-11(12)22-24-26;1-2-19-18-20-14-16(25)15(24)13(26-17(14)27-18)10-23-9-12(21-22-23)8-11-6-4-3-5-7-11;1-2-11-9-12-5-7(14)6(13)4(3-10)15-8(5)16-9;1-2-10-9-11-5-7(14)6(13)4(3-12)15-8(5)16-9;;;;/h3-7,13-17,27-28H,2,8-9H2,1H3,(H,19,20);9,11,13-17,24-25H,2-8,10H2,1H3,(H,19,20);4-8,13-14H,2-3H2,1H3,(H,11,12);3-8,13-14H,2H2,1H3,(H,10,11);4*1H4/t2*13-,14-,15-,16-,17-;2*4-,5-,6-,7-,8-;;;;/m1111..../s1. The zero-order valence-electron chi connectivity index (χ0n) is 49.5.